The lowest BCUT2D eigenvalue weighted by molar-refractivity contribution is -0.125. The van der Waals surface area contributed by atoms with E-state index in [2.05, 4.69) is 21.9 Å². The van der Waals surface area contributed by atoms with Gasteiger partial charge in [-0.15, -0.1) is 0 Å². The summed E-state index contributed by atoms with van der Waals surface area (Å²) in [6.07, 6.45) is 0. The van der Waals surface area contributed by atoms with Crippen LogP contribution in [0.3, 0.4) is 0 Å². The lowest BCUT2D eigenvalue weighted by atomic mass is 9.72. The van der Waals surface area contributed by atoms with Crippen LogP contribution in [-0.2, 0) is 15.0 Å². The number of amides is 2. The summed E-state index contributed by atoms with van der Waals surface area (Å²) in [6.45, 7) is 9.27. The molecule has 0 radical (unpaired) electrons. The average molecular weight is 387 g/mol. The van der Waals surface area contributed by atoms with Crippen LogP contribution in [0, 0.1) is 34.0 Å². The molecule has 2 rings (SSSR count). The molecular weight excluding hydrogens is 366 g/mol. The Kier molecular flexibility index (Phi) is 5.67. The Morgan fingerprint density at radius 2 is 2.11 bits per heavy atom. The van der Waals surface area contributed by atoms with E-state index in [1.165, 1.54) is 0 Å². The number of nitriles is 2. The monoisotopic (exact) mass is 387 g/mol. The zero-order chi connectivity index (χ0) is 20.4. The minimum absolute atomic E-state index is 0.0420. The highest BCUT2D eigenvalue weighted by atomic mass is 32.2. The maximum atomic E-state index is 12.2. The zero-order valence-electron chi connectivity index (χ0n) is 15.8. The van der Waals surface area contributed by atoms with Crippen LogP contribution < -0.4 is 10.6 Å². The molecular formula is C18H21N5O3S. The lowest BCUT2D eigenvalue weighted by Crippen LogP contribution is -2.44. The molecule has 0 aromatic carbocycles. The largest absolute Gasteiger partial charge is 0.338 e. The van der Waals surface area contributed by atoms with Crippen molar-refractivity contribution in [3.63, 3.8) is 0 Å². The van der Waals surface area contributed by atoms with Crippen LogP contribution in [0.4, 0.5) is 5.88 Å². The van der Waals surface area contributed by atoms with Crippen molar-refractivity contribution in [2.75, 3.05) is 11.1 Å². The first kappa shape index (κ1) is 20.5. The third kappa shape index (κ3) is 4.32. The minimum Gasteiger partial charge on any atom is -0.338 e. The molecule has 1 aliphatic heterocycles. The number of nitrogens with one attached hydrogen (secondary N) is 2. The Morgan fingerprint density at radius 1 is 1.44 bits per heavy atom. The molecule has 2 heterocycles. The molecule has 0 unspecified atom stereocenters. The predicted octanol–water partition coefficient (Wildman–Crippen LogP) is 2.67. The SMILES string of the molecule is CC(C)(C)c1cc(NC(=O)CSC2=C(C#N)C(C)(C)[C@H](C#N)C(=O)N2)on1. The fourth-order valence-electron chi connectivity index (χ4n) is 2.53. The second-order valence-corrected chi connectivity index (χ2v) is 8.74. The Bertz CT molecular complexity index is 880. The predicted molar refractivity (Wildman–Crippen MR) is 100.0 cm³/mol. The number of carbonyl (C=O) groups is 2. The Hall–Kier alpha value is -2.78. The molecule has 142 valence electrons. The first-order valence-electron chi connectivity index (χ1n) is 8.26. The highest BCUT2D eigenvalue weighted by Gasteiger charge is 2.44. The summed E-state index contributed by atoms with van der Waals surface area (Å²) < 4.78 is 5.11. The maximum absolute atomic E-state index is 12.2. The molecule has 0 saturated carbocycles. The van der Waals surface area contributed by atoms with E-state index in [0.29, 0.717) is 10.7 Å². The summed E-state index contributed by atoms with van der Waals surface area (Å²) in [5.74, 6) is -1.61. The highest BCUT2D eigenvalue weighted by molar-refractivity contribution is 8.03. The number of allylic oxidation sites excluding steroid dienone is 1. The van der Waals surface area contributed by atoms with E-state index < -0.39 is 17.2 Å². The standard InChI is InChI=1S/C18H21N5O3S/c1-17(2,3)12-6-14(26-23-12)21-13(24)9-27-16-11(8-20)18(4,5)10(7-19)15(25)22-16/h6,10H,9H2,1-5H3,(H,21,24)(H,22,25)/t10-/m1/s1. The molecule has 1 atom stereocenters. The Morgan fingerprint density at radius 3 is 2.63 bits per heavy atom. The number of hydrogen-bond acceptors (Lipinski definition) is 7. The molecule has 27 heavy (non-hydrogen) atoms. The number of carbonyl (C=O) groups excluding carboxylic acids is 2. The van der Waals surface area contributed by atoms with E-state index in [1.807, 2.05) is 26.8 Å². The smallest absolute Gasteiger partial charge is 0.243 e. The van der Waals surface area contributed by atoms with Gasteiger partial charge in [-0.2, -0.15) is 10.5 Å². The van der Waals surface area contributed by atoms with Gasteiger partial charge in [0.25, 0.3) is 0 Å². The number of nitrogens with zero attached hydrogens (tertiary/aromatic N) is 3. The van der Waals surface area contributed by atoms with Gasteiger partial charge in [-0.1, -0.05) is 51.5 Å². The summed E-state index contributed by atoms with van der Waals surface area (Å²) in [5.41, 5.74) is -0.148. The number of hydrogen-bond donors (Lipinski definition) is 2. The molecule has 8 nitrogen and oxygen atoms in total. The molecule has 2 amide bonds. The van der Waals surface area contributed by atoms with E-state index in [0.717, 1.165) is 11.8 Å². The van der Waals surface area contributed by atoms with Crippen molar-refractivity contribution in [2.24, 2.45) is 11.3 Å². The van der Waals surface area contributed by atoms with Crippen molar-refractivity contribution in [1.29, 1.82) is 10.5 Å². The van der Waals surface area contributed by atoms with Crippen molar-refractivity contribution in [3.8, 4) is 12.1 Å². The third-order valence-electron chi connectivity index (χ3n) is 4.22. The van der Waals surface area contributed by atoms with Gasteiger partial charge in [-0.05, 0) is 0 Å². The fraction of sp³-hybridized carbons (Fsp3) is 0.500. The van der Waals surface area contributed by atoms with E-state index in [1.54, 1.807) is 19.9 Å². The molecule has 2 N–H and O–H groups in total. The number of anilines is 1. The number of thioether (sulfide) groups is 1. The lowest BCUT2D eigenvalue weighted by Gasteiger charge is -2.34. The first-order chi connectivity index (χ1) is 12.5. The molecule has 0 saturated heterocycles. The molecule has 9 heteroatoms. The summed E-state index contributed by atoms with van der Waals surface area (Å²) in [5, 5.41) is 28.1. The van der Waals surface area contributed by atoms with Crippen LogP contribution in [0.2, 0.25) is 0 Å². The van der Waals surface area contributed by atoms with Crippen molar-refractivity contribution < 1.29 is 14.1 Å². The first-order valence-corrected chi connectivity index (χ1v) is 9.24. The van der Waals surface area contributed by atoms with Gasteiger partial charge < -0.3 is 9.84 Å². The van der Waals surface area contributed by atoms with Crippen LogP contribution >= 0.6 is 11.8 Å². The van der Waals surface area contributed by atoms with Gasteiger partial charge in [0, 0.05) is 16.9 Å². The summed E-state index contributed by atoms with van der Waals surface area (Å²) in [4.78, 5) is 24.3. The van der Waals surface area contributed by atoms with Gasteiger partial charge in [-0.25, -0.2) is 0 Å². The van der Waals surface area contributed by atoms with E-state index in [4.69, 9.17) is 4.52 Å². The summed E-state index contributed by atoms with van der Waals surface area (Å²) in [7, 11) is 0. The van der Waals surface area contributed by atoms with Crippen molar-refractivity contribution in [2.45, 2.75) is 40.0 Å². The van der Waals surface area contributed by atoms with Gasteiger partial charge >= 0.3 is 0 Å². The minimum atomic E-state index is -0.963. The van der Waals surface area contributed by atoms with Crippen molar-refractivity contribution >= 4 is 29.5 Å². The maximum Gasteiger partial charge on any atom is 0.243 e. The summed E-state index contributed by atoms with van der Waals surface area (Å²) in [6, 6.07) is 5.65. The van der Waals surface area contributed by atoms with Crippen molar-refractivity contribution in [3.05, 3.63) is 22.4 Å². The molecule has 0 bridgehead atoms. The zero-order valence-corrected chi connectivity index (χ0v) is 16.7. The third-order valence-corrected chi connectivity index (χ3v) is 5.22. The molecule has 0 fully saturated rings. The molecule has 1 aliphatic rings. The van der Waals surface area contributed by atoms with Crippen LogP contribution in [-0.4, -0.2) is 22.7 Å². The van der Waals surface area contributed by atoms with Gasteiger partial charge in [-0.3, -0.25) is 14.9 Å². The van der Waals surface area contributed by atoms with Gasteiger partial charge in [0.05, 0.1) is 34.2 Å². The molecule has 1 aromatic rings. The topological polar surface area (TPSA) is 132 Å². The summed E-state index contributed by atoms with van der Waals surface area (Å²) >= 11 is 1.03. The second kappa shape index (κ2) is 7.45. The normalized spacial score (nSPS) is 19.1. The molecule has 1 aromatic heterocycles. The number of aromatic nitrogens is 1. The second-order valence-electron chi connectivity index (χ2n) is 7.75. The van der Waals surface area contributed by atoms with Crippen LogP contribution in [0.15, 0.2) is 21.2 Å². The van der Waals surface area contributed by atoms with Gasteiger partial charge in [0.15, 0.2) is 0 Å². The molecule has 0 aliphatic carbocycles. The highest BCUT2D eigenvalue weighted by Crippen LogP contribution is 2.41. The number of rotatable bonds is 4. The van der Waals surface area contributed by atoms with Gasteiger partial charge in [0.1, 0.15) is 5.92 Å². The van der Waals surface area contributed by atoms with Crippen LogP contribution in [0.1, 0.15) is 40.3 Å². The van der Waals surface area contributed by atoms with Crippen LogP contribution in [0.5, 0.6) is 0 Å². The van der Waals surface area contributed by atoms with Gasteiger partial charge in [0.2, 0.25) is 17.7 Å². The van der Waals surface area contributed by atoms with Crippen LogP contribution in [0.25, 0.3) is 0 Å². The molecule has 0 spiro atoms. The van der Waals surface area contributed by atoms with Crippen molar-refractivity contribution in [1.82, 2.24) is 10.5 Å². The fourth-order valence-corrected chi connectivity index (χ4v) is 3.51. The van der Waals surface area contributed by atoms with E-state index in [9.17, 15) is 20.1 Å². The Balaban J connectivity index is 2.09. The average Bonchev–Trinajstić information content (AvgIpc) is 3.01. The van der Waals surface area contributed by atoms with E-state index >= 15 is 0 Å². The Labute approximate surface area is 162 Å². The van der Waals surface area contributed by atoms with E-state index in [-0.39, 0.29) is 28.5 Å². The quantitative estimate of drug-likeness (QED) is 0.811.